The topological polar surface area (TPSA) is 15.3 Å². The summed E-state index contributed by atoms with van der Waals surface area (Å²) in [5.74, 6) is 0. The van der Waals surface area contributed by atoms with Crippen LogP contribution in [0.15, 0.2) is 28.7 Å². The van der Waals surface area contributed by atoms with Gasteiger partial charge in [0.1, 0.15) is 0 Å². The Labute approximate surface area is 99.8 Å². The van der Waals surface area contributed by atoms with Gasteiger partial charge in [0.05, 0.1) is 5.69 Å². The highest BCUT2D eigenvalue weighted by Gasteiger charge is 2.18. The molecule has 1 fully saturated rings. The number of para-hydroxylation sites is 1. The first-order chi connectivity index (χ1) is 7.31. The van der Waals surface area contributed by atoms with Gasteiger partial charge in [-0.3, -0.25) is 0 Å². The average Bonchev–Trinajstić information content (AvgIpc) is 2.30. The molecule has 1 aromatic carbocycles. The molecule has 1 aromatic rings. The van der Waals surface area contributed by atoms with Gasteiger partial charge in [-0.15, -0.1) is 0 Å². The van der Waals surface area contributed by atoms with Crippen molar-refractivity contribution in [2.75, 3.05) is 25.0 Å². The summed E-state index contributed by atoms with van der Waals surface area (Å²) in [6.07, 6.45) is 2.47. The summed E-state index contributed by atoms with van der Waals surface area (Å²) in [6.45, 7) is 2.29. The van der Waals surface area contributed by atoms with Crippen molar-refractivity contribution < 1.29 is 0 Å². The lowest BCUT2D eigenvalue weighted by Crippen LogP contribution is -2.41. The molecule has 1 N–H and O–H groups in total. The molecule has 0 spiro atoms. The van der Waals surface area contributed by atoms with Gasteiger partial charge in [0, 0.05) is 23.6 Å². The van der Waals surface area contributed by atoms with Crippen LogP contribution in [0.25, 0.3) is 0 Å². The maximum atomic E-state index is 3.61. The van der Waals surface area contributed by atoms with E-state index < -0.39 is 0 Å². The molecule has 0 atom stereocenters. The van der Waals surface area contributed by atoms with Gasteiger partial charge in [-0.05, 0) is 48.0 Å². The van der Waals surface area contributed by atoms with Crippen LogP contribution in [0.5, 0.6) is 0 Å². The quantitative estimate of drug-likeness (QED) is 0.888. The van der Waals surface area contributed by atoms with Crippen LogP contribution >= 0.6 is 15.9 Å². The highest BCUT2D eigenvalue weighted by Crippen LogP contribution is 2.27. The number of benzene rings is 1. The number of halogens is 1. The third-order valence-electron chi connectivity index (χ3n) is 3.10. The van der Waals surface area contributed by atoms with Gasteiger partial charge in [0.15, 0.2) is 0 Å². The van der Waals surface area contributed by atoms with Crippen LogP contribution in [0.2, 0.25) is 0 Å². The summed E-state index contributed by atoms with van der Waals surface area (Å²) in [5.41, 5.74) is 1.33. The normalized spacial score (nSPS) is 18.1. The SMILES string of the molecule is CNC1CCN(c2ccccc2Br)CC1. The number of nitrogens with one attached hydrogen (secondary N) is 1. The van der Waals surface area contributed by atoms with Crippen molar-refractivity contribution in [3.63, 3.8) is 0 Å². The highest BCUT2D eigenvalue weighted by atomic mass is 79.9. The molecule has 0 aliphatic carbocycles. The van der Waals surface area contributed by atoms with Crippen molar-refractivity contribution in [1.82, 2.24) is 5.32 Å². The van der Waals surface area contributed by atoms with Crippen molar-refractivity contribution in [1.29, 1.82) is 0 Å². The van der Waals surface area contributed by atoms with Crippen LogP contribution < -0.4 is 10.2 Å². The van der Waals surface area contributed by atoms with E-state index in [0.29, 0.717) is 6.04 Å². The fourth-order valence-corrected chi connectivity index (χ4v) is 2.65. The molecule has 82 valence electrons. The average molecular weight is 269 g/mol. The van der Waals surface area contributed by atoms with Crippen molar-refractivity contribution in [3.8, 4) is 0 Å². The lowest BCUT2D eigenvalue weighted by molar-refractivity contribution is 0.442. The summed E-state index contributed by atoms with van der Waals surface area (Å²) in [6, 6.07) is 9.16. The number of hydrogen-bond acceptors (Lipinski definition) is 2. The Morgan fingerprint density at radius 2 is 1.93 bits per heavy atom. The Bertz CT molecular complexity index is 319. The molecule has 2 rings (SSSR count). The monoisotopic (exact) mass is 268 g/mol. The first kappa shape index (κ1) is 11.0. The molecule has 1 aliphatic heterocycles. The zero-order valence-electron chi connectivity index (χ0n) is 9.04. The zero-order chi connectivity index (χ0) is 10.7. The molecule has 1 aliphatic rings. The van der Waals surface area contributed by atoms with Gasteiger partial charge in [0.2, 0.25) is 0 Å². The van der Waals surface area contributed by atoms with E-state index in [1.165, 1.54) is 23.0 Å². The maximum Gasteiger partial charge on any atom is 0.0510 e. The Kier molecular flexibility index (Phi) is 3.65. The third-order valence-corrected chi connectivity index (χ3v) is 3.77. The molecule has 0 saturated carbocycles. The summed E-state index contributed by atoms with van der Waals surface area (Å²) >= 11 is 3.61. The van der Waals surface area contributed by atoms with Gasteiger partial charge in [-0.1, -0.05) is 12.1 Å². The van der Waals surface area contributed by atoms with E-state index in [1.807, 2.05) is 0 Å². The van der Waals surface area contributed by atoms with Gasteiger partial charge < -0.3 is 10.2 Å². The van der Waals surface area contributed by atoms with Crippen LogP contribution in [0.3, 0.4) is 0 Å². The predicted octanol–water partition coefficient (Wildman–Crippen LogP) is 2.64. The fourth-order valence-electron chi connectivity index (χ4n) is 2.12. The molecule has 0 aromatic heterocycles. The molecule has 3 heteroatoms. The summed E-state index contributed by atoms with van der Waals surface area (Å²) < 4.78 is 1.20. The zero-order valence-corrected chi connectivity index (χ0v) is 10.6. The summed E-state index contributed by atoms with van der Waals surface area (Å²) in [5, 5.41) is 3.35. The van der Waals surface area contributed by atoms with E-state index in [4.69, 9.17) is 0 Å². The smallest absolute Gasteiger partial charge is 0.0510 e. The van der Waals surface area contributed by atoms with Crippen LogP contribution in [0, 0.1) is 0 Å². The minimum atomic E-state index is 0.698. The summed E-state index contributed by atoms with van der Waals surface area (Å²) in [4.78, 5) is 2.46. The minimum Gasteiger partial charge on any atom is -0.371 e. The predicted molar refractivity (Wildman–Crippen MR) is 68.4 cm³/mol. The third kappa shape index (κ3) is 2.52. The van der Waals surface area contributed by atoms with Crippen molar-refractivity contribution in [3.05, 3.63) is 28.7 Å². The van der Waals surface area contributed by atoms with Gasteiger partial charge in [-0.2, -0.15) is 0 Å². The van der Waals surface area contributed by atoms with Crippen molar-refractivity contribution in [2.24, 2.45) is 0 Å². The number of rotatable bonds is 2. The molecule has 0 amide bonds. The van der Waals surface area contributed by atoms with E-state index in [0.717, 1.165) is 13.1 Å². The van der Waals surface area contributed by atoms with Crippen LogP contribution in [0.4, 0.5) is 5.69 Å². The van der Waals surface area contributed by atoms with Gasteiger partial charge in [0.25, 0.3) is 0 Å². The largest absolute Gasteiger partial charge is 0.371 e. The molecule has 1 saturated heterocycles. The Morgan fingerprint density at radius 3 is 2.53 bits per heavy atom. The first-order valence-corrected chi connectivity index (χ1v) is 6.27. The molecule has 1 heterocycles. The van der Waals surface area contributed by atoms with E-state index >= 15 is 0 Å². The molecular formula is C12H17BrN2. The van der Waals surface area contributed by atoms with E-state index in [-0.39, 0.29) is 0 Å². The van der Waals surface area contributed by atoms with Crippen LogP contribution in [0.1, 0.15) is 12.8 Å². The lowest BCUT2D eigenvalue weighted by Gasteiger charge is -2.34. The molecule has 15 heavy (non-hydrogen) atoms. The second-order valence-corrected chi connectivity index (χ2v) is 4.86. The van der Waals surface area contributed by atoms with Gasteiger partial charge >= 0.3 is 0 Å². The molecule has 2 nitrogen and oxygen atoms in total. The fraction of sp³-hybridized carbons (Fsp3) is 0.500. The Morgan fingerprint density at radius 1 is 1.27 bits per heavy atom. The molecule has 0 radical (unpaired) electrons. The first-order valence-electron chi connectivity index (χ1n) is 5.48. The summed E-state index contributed by atoms with van der Waals surface area (Å²) in [7, 11) is 2.05. The van der Waals surface area contributed by atoms with E-state index in [1.54, 1.807) is 0 Å². The number of nitrogens with zero attached hydrogens (tertiary/aromatic N) is 1. The molecular weight excluding hydrogens is 252 g/mol. The van der Waals surface area contributed by atoms with Crippen LogP contribution in [-0.4, -0.2) is 26.2 Å². The van der Waals surface area contributed by atoms with Crippen LogP contribution in [-0.2, 0) is 0 Å². The van der Waals surface area contributed by atoms with E-state index in [2.05, 4.69) is 57.5 Å². The number of piperidine rings is 1. The molecule has 0 bridgehead atoms. The minimum absolute atomic E-state index is 0.698. The van der Waals surface area contributed by atoms with Crippen molar-refractivity contribution >= 4 is 21.6 Å². The van der Waals surface area contributed by atoms with Gasteiger partial charge in [-0.25, -0.2) is 0 Å². The van der Waals surface area contributed by atoms with Crippen molar-refractivity contribution in [2.45, 2.75) is 18.9 Å². The Hall–Kier alpha value is -0.540. The lowest BCUT2D eigenvalue weighted by atomic mass is 10.0. The Balaban J connectivity index is 2.04. The standard InChI is InChI=1S/C12H17BrN2/c1-14-10-6-8-15(9-7-10)12-5-3-2-4-11(12)13/h2-5,10,14H,6-9H2,1H3. The second-order valence-electron chi connectivity index (χ2n) is 4.00. The highest BCUT2D eigenvalue weighted by molar-refractivity contribution is 9.10. The second kappa shape index (κ2) is 4.99. The number of anilines is 1. The number of hydrogen-bond donors (Lipinski definition) is 1. The van der Waals surface area contributed by atoms with E-state index in [9.17, 15) is 0 Å². The molecule has 0 unspecified atom stereocenters. The maximum absolute atomic E-state index is 3.61.